The number of carbonyl (C=O) groups is 2. The third kappa shape index (κ3) is 4.86. The summed E-state index contributed by atoms with van der Waals surface area (Å²) in [5, 5.41) is 14.0. The number of halogens is 1. The maximum Gasteiger partial charge on any atom is 0.255 e. The molecule has 3 aromatic carbocycles. The van der Waals surface area contributed by atoms with Crippen LogP contribution in [-0.2, 0) is 11.3 Å². The highest BCUT2D eigenvalue weighted by Gasteiger charge is 2.31. The zero-order chi connectivity index (χ0) is 28.1. The molecular formula is C32H31FN6O2. The smallest absolute Gasteiger partial charge is 0.255 e. The van der Waals surface area contributed by atoms with Crippen LogP contribution >= 0.6 is 0 Å². The minimum atomic E-state index is -0.288. The summed E-state index contributed by atoms with van der Waals surface area (Å²) in [6, 6.07) is 18.8. The number of carbonyl (C=O) groups excluding carboxylic acids is 2. The molecule has 2 fully saturated rings. The molecule has 1 saturated heterocycles. The molecule has 8 nitrogen and oxygen atoms in total. The standard InChI is InChI=1S/C32H31FN6O2/c1-2-38-12-13-39-17-23-9-8-22(15-26(23)29(33)28(39)18-38)32(41)34-24-5-3-4-20(14-24)21-10-11-25-27(16-21)36-37-30(25)35-31(40)19-6-7-19/h3-5,8-11,14-16,19H,2,6-7,12-13,17-18H2,1H3,(H,34,41)(H2,35,36,37,40). The highest BCUT2D eigenvalue weighted by molar-refractivity contribution is 6.05. The number of rotatable bonds is 6. The second-order valence-electron chi connectivity index (χ2n) is 11.1. The fraction of sp³-hybridized carbons (Fsp3) is 0.281. The number of aromatic nitrogens is 2. The lowest BCUT2D eigenvalue weighted by molar-refractivity contribution is -0.117. The first-order chi connectivity index (χ1) is 20.0. The number of hydrogen-bond donors (Lipinski definition) is 3. The summed E-state index contributed by atoms with van der Waals surface area (Å²) in [6.45, 7) is 5.96. The Bertz CT molecular complexity index is 1720. The van der Waals surface area contributed by atoms with Crippen molar-refractivity contribution in [2.24, 2.45) is 5.92 Å². The number of hydrogen-bond acceptors (Lipinski definition) is 5. The Morgan fingerprint density at radius 1 is 1.00 bits per heavy atom. The second-order valence-corrected chi connectivity index (χ2v) is 11.1. The van der Waals surface area contributed by atoms with Crippen LogP contribution < -0.4 is 10.6 Å². The average Bonchev–Trinajstić information content (AvgIpc) is 3.78. The number of nitrogens with zero attached hydrogens (tertiary/aromatic N) is 3. The topological polar surface area (TPSA) is 93.4 Å². The van der Waals surface area contributed by atoms with E-state index in [2.05, 4.69) is 37.6 Å². The van der Waals surface area contributed by atoms with Crippen molar-refractivity contribution in [1.82, 2.24) is 20.0 Å². The molecule has 208 valence electrons. The van der Waals surface area contributed by atoms with E-state index in [1.807, 2.05) is 48.5 Å². The summed E-state index contributed by atoms with van der Waals surface area (Å²) >= 11 is 0. The van der Waals surface area contributed by atoms with Gasteiger partial charge in [0, 0.05) is 54.3 Å². The number of nitrogens with one attached hydrogen (secondary N) is 3. The van der Waals surface area contributed by atoms with Crippen molar-refractivity contribution in [2.45, 2.75) is 26.3 Å². The van der Waals surface area contributed by atoms with E-state index in [1.54, 1.807) is 12.1 Å². The molecular weight excluding hydrogens is 519 g/mol. The SMILES string of the molecule is CCN1CCN2Cc3ccc(C(=O)Nc4cccc(-c5ccc6c(NC(=O)C7CC7)n[nH]c6c5)c4)cc3C(F)=C2C1. The van der Waals surface area contributed by atoms with Crippen LogP contribution in [-0.4, -0.2) is 58.0 Å². The van der Waals surface area contributed by atoms with Gasteiger partial charge in [-0.3, -0.25) is 19.6 Å². The molecule has 2 amide bonds. The Kier molecular flexibility index (Phi) is 6.31. The first kappa shape index (κ1) is 25.5. The molecule has 4 aromatic rings. The molecule has 1 aliphatic carbocycles. The molecule has 1 saturated carbocycles. The van der Waals surface area contributed by atoms with Crippen LogP contribution in [0, 0.1) is 5.92 Å². The number of amides is 2. The van der Waals surface area contributed by atoms with Gasteiger partial charge in [0.05, 0.1) is 11.2 Å². The van der Waals surface area contributed by atoms with Crippen LogP contribution in [0.3, 0.4) is 0 Å². The van der Waals surface area contributed by atoms with Crippen molar-refractivity contribution < 1.29 is 14.0 Å². The van der Waals surface area contributed by atoms with E-state index in [9.17, 15) is 9.59 Å². The van der Waals surface area contributed by atoms with Gasteiger partial charge < -0.3 is 15.5 Å². The summed E-state index contributed by atoms with van der Waals surface area (Å²) < 4.78 is 15.6. The molecule has 7 rings (SSSR count). The van der Waals surface area contributed by atoms with Gasteiger partial charge >= 0.3 is 0 Å². The summed E-state index contributed by atoms with van der Waals surface area (Å²) in [5.41, 5.74) is 5.86. The number of likely N-dealkylation sites (N-methyl/N-ethyl adjacent to an activating group) is 1. The van der Waals surface area contributed by atoms with Crippen molar-refractivity contribution in [3.8, 4) is 11.1 Å². The monoisotopic (exact) mass is 550 g/mol. The van der Waals surface area contributed by atoms with E-state index in [1.165, 1.54) is 0 Å². The van der Waals surface area contributed by atoms with Gasteiger partial charge in [-0.25, -0.2) is 4.39 Å². The first-order valence-corrected chi connectivity index (χ1v) is 14.2. The lowest BCUT2D eigenvalue weighted by Crippen LogP contribution is -2.45. The van der Waals surface area contributed by atoms with Crippen molar-refractivity contribution in [2.75, 3.05) is 36.8 Å². The first-order valence-electron chi connectivity index (χ1n) is 14.2. The Hall–Kier alpha value is -4.50. The van der Waals surface area contributed by atoms with Crippen LogP contribution in [0.4, 0.5) is 15.9 Å². The zero-order valence-electron chi connectivity index (χ0n) is 22.8. The number of fused-ring (bicyclic) bond motifs is 3. The number of benzene rings is 3. The zero-order valence-corrected chi connectivity index (χ0v) is 22.8. The highest BCUT2D eigenvalue weighted by Crippen LogP contribution is 2.36. The normalized spacial score (nSPS) is 16.9. The Morgan fingerprint density at radius 3 is 2.68 bits per heavy atom. The van der Waals surface area contributed by atoms with Crippen molar-refractivity contribution >= 4 is 40.0 Å². The number of H-pyrrole nitrogens is 1. The van der Waals surface area contributed by atoms with Crippen molar-refractivity contribution in [3.63, 3.8) is 0 Å². The van der Waals surface area contributed by atoms with Gasteiger partial charge in [0.25, 0.3) is 5.91 Å². The average molecular weight is 551 g/mol. The van der Waals surface area contributed by atoms with Crippen LogP contribution in [0.1, 0.15) is 41.3 Å². The lowest BCUT2D eigenvalue weighted by Gasteiger charge is -2.40. The van der Waals surface area contributed by atoms with Crippen LogP contribution in [0.5, 0.6) is 0 Å². The molecule has 41 heavy (non-hydrogen) atoms. The van der Waals surface area contributed by atoms with E-state index in [4.69, 9.17) is 0 Å². The van der Waals surface area contributed by atoms with Gasteiger partial charge in [-0.2, -0.15) is 5.10 Å². The minimum Gasteiger partial charge on any atom is -0.366 e. The van der Waals surface area contributed by atoms with Gasteiger partial charge in [0.1, 0.15) is 0 Å². The third-order valence-electron chi connectivity index (χ3n) is 8.32. The Labute approximate surface area is 237 Å². The molecule has 3 aliphatic rings. The van der Waals surface area contributed by atoms with E-state index in [0.29, 0.717) is 41.4 Å². The molecule has 9 heteroatoms. The maximum atomic E-state index is 15.6. The van der Waals surface area contributed by atoms with Crippen LogP contribution in [0.15, 0.2) is 66.4 Å². The van der Waals surface area contributed by atoms with E-state index in [-0.39, 0.29) is 23.6 Å². The quantitative estimate of drug-likeness (QED) is 0.290. The summed E-state index contributed by atoms with van der Waals surface area (Å²) in [7, 11) is 0. The minimum absolute atomic E-state index is 0.0170. The number of aromatic amines is 1. The van der Waals surface area contributed by atoms with Crippen molar-refractivity contribution in [3.05, 3.63) is 83.1 Å². The fourth-order valence-corrected chi connectivity index (χ4v) is 5.70. The lowest BCUT2D eigenvalue weighted by atomic mass is 9.96. The second kappa shape index (κ2) is 10.2. The van der Waals surface area contributed by atoms with E-state index in [0.717, 1.165) is 60.1 Å². The molecule has 0 atom stereocenters. The molecule has 2 aliphatic heterocycles. The van der Waals surface area contributed by atoms with Gasteiger partial charge in [-0.1, -0.05) is 31.2 Å². The molecule has 0 unspecified atom stereocenters. The Morgan fingerprint density at radius 2 is 1.85 bits per heavy atom. The Balaban J connectivity index is 1.10. The maximum absolute atomic E-state index is 15.6. The van der Waals surface area contributed by atoms with Crippen molar-refractivity contribution in [1.29, 1.82) is 0 Å². The molecule has 3 N–H and O–H groups in total. The van der Waals surface area contributed by atoms with E-state index >= 15 is 4.39 Å². The molecule has 0 radical (unpaired) electrons. The summed E-state index contributed by atoms with van der Waals surface area (Å²) in [6.07, 6.45) is 1.87. The molecule has 0 bridgehead atoms. The third-order valence-corrected chi connectivity index (χ3v) is 8.32. The highest BCUT2D eigenvalue weighted by atomic mass is 19.1. The van der Waals surface area contributed by atoms with Gasteiger partial charge in [0.2, 0.25) is 5.91 Å². The van der Waals surface area contributed by atoms with Gasteiger partial charge in [-0.15, -0.1) is 0 Å². The number of anilines is 2. The predicted molar refractivity (Wildman–Crippen MR) is 158 cm³/mol. The molecule has 0 spiro atoms. The largest absolute Gasteiger partial charge is 0.366 e. The number of piperazine rings is 1. The molecule has 3 heterocycles. The predicted octanol–water partition coefficient (Wildman–Crippen LogP) is 5.62. The van der Waals surface area contributed by atoms with E-state index < -0.39 is 0 Å². The van der Waals surface area contributed by atoms with Gasteiger partial charge in [0.15, 0.2) is 11.6 Å². The molecule has 1 aromatic heterocycles. The van der Waals surface area contributed by atoms with Crippen LogP contribution in [0.2, 0.25) is 0 Å². The van der Waals surface area contributed by atoms with Crippen LogP contribution in [0.25, 0.3) is 27.9 Å². The summed E-state index contributed by atoms with van der Waals surface area (Å²) in [4.78, 5) is 29.8. The summed E-state index contributed by atoms with van der Waals surface area (Å²) in [5.74, 6) is 0.142. The fourth-order valence-electron chi connectivity index (χ4n) is 5.70. The van der Waals surface area contributed by atoms with Gasteiger partial charge in [-0.05, 0) is 72.5 Å².